The van der Waals surface area contributed by atoms with Gasteiger partial charge in [0, 0.05) is 25.1 Å². The maximum absolute atomic E-state index is 12.5. The Balaban J connectivity index is 1.53. The van der Waals surface area contributed by atoms with Crippen molar-refractivity contribution < 1.29 is 22.7 Å². The maximum atomic E-state index is 12.5. The summed E-state index contributed by atoms with van der Waals surface area (Å²) >= 11 is 0. The van der Waals surface area contributed by atoms with Crippen LogP contribution >= 0.6 is 0 Å². The van der Waals surface area contributed by atoms with Gasteiger partial charge in [0.25, 0.3) is 15.9 Å². The molecular weight excluding hydrogens is 430 g/mol. The van der Waals surface area contributed by atoms with E-state index in [1.54, 1.807) is 30.0 Å². The van der Waals surface area contributed by atoms with E-state index in [0.29, 0.717) is 12.2 Å². The van der Waals surface area contributed by atoms with Crippen LogP contribution in [0.2, 0.25) is 0 Å². The van der Waals surface area contributed by atoms with E-state index >= 15 is 0 Å². The molecule has 1 aliphatic rings. The number of carbonyl (C=O) groups is 2. The minimum Gasteiger partial charge on any atom is -0.456 e. The molecule has 1 atom stereocenters. The van der Waals surface area contributed by atoms with Gasteiger partial charge in [-0.3, -0.25) is 9.59 Å². The highest BCUT2D eigenvalue weighted by molar-refractivity contribution is 7.90. The number of anilines is 2. The predicted molar refractivity (Wildman–Crippen MR) is 123 cm³/mol. The number of esters is 1. The van der Waals surface area contributed by atoms with Crippen molar-refractivity contribution in [3.05, 3.63) is 54.1 Å². The molecule has 170 valence electrons. The number of aryl methyl sites for hydroxylation is 1. The van der Waals surface area contributed by atoms with Crippen LogP contribution in [0.5, 0.6) is 0 Å². The smallest absolute Gasteiger partial charge is 0.306 e. The number of rotatable bonds is 8. The molecule has 1 N–H and O–H groups in total. The molecule has 32 heavy (non-hydrogen) atoms. The van der Waals surface area contributed by atoms with Crippen molar-refractivity contribution in [2.24, 2.45) is 10.3 Å². The van der Waals surface area contributed by atoms with Crippen molar-refractivity contribution in [1.82, 2.24) is 0 Å². The van der Waals surface area contributed by atoms with Crippen molar-refractivity contribution in [3.8, 4) is 0 Å². The van der Waals surface area contributed by atoms with Crippen molar-refractivity contribution in [2.45, 2.75) is 38.5 Å². The summed E-state index contributed by atoms with van der Waals surface area (Å²) in [6, 6.07) is 14.1. The molecule has 0 spiro atoms. The lowest BCUT2D eigenvalue weighted by Crippen LogP contribution is -2.34. The number of amidine groups is 1. The topological polar surface area (TPSA) is 105 Å². The lowest BCUT2D eigenvalue weighted by Gasteiger charge is -2.22. The highest BCUT2D eigenvalue weighted by atomic mass is 32.2. The van der Waals surface area contributed by atoms with Crippen LogP contribution in [0, 0.1) is 12.8 Å². The molecular formula is C23H27N3O5S. The third-order valence-corrected chi connectivity index (χ3v) is 6.39. The van der Waals surface area contributed by atoms with E-state index in [2.05, 4.69) is 9.71 Å². The van der Waals surface area contributed by atoms with E-state index in [1.165, 1.54) is 6.07 Å². The number of sulfonamides is 1. The zero-order chi connectivity index (χ0) is 23.3. The first-order valence-electron chi connectivity index (χ1n) is 10.4. The fraction of sp³-hybridized carbons (Fsp3) is 0.348. The molecule has 0 radical (unpaired) electrons. The molecule has 1 aliphatic heterocycles. The fourth-order valence-electron chi connectivity index (χ4n) is 3.52. The quantitative estimate of drug-likeness (QED) is 0.608. The van der Waals surface area contributed by atoms with Crippen LogP contribution in [0.3, 0.4) is 0 Å². The summed E-state index contributed by atoms with van der Waals surface area (Å²) in [7, 11) is -3.77. The van der Waals surface area contributed by atoms with E-state index in [4.69, 9.17) is 4.74 Å². The molecule has 2 aromatic rings. The van der Waals surface area contributed by atoms with Crippen molar-refractivity contribution >= 4 is 39.1 Å². The Bertz CT molecular complexity index is 1140. The number of likely N-dealkylation sites (N-methyl/N-ethyl adjacent to an activating group) is 1. The fourth-order valence-corrected chi connectivity index (χ4v) is 4.68. The van der Waals surface area contributed by atoms with Gasteiger partial charge in [-0.25, -0.2) is 0 Å². The van der Waals surface area contributed by atoms with Gasteiger partial charge in [-0.2, -0.15) is 8.42 Å². The van der Waals surface area contributed by atoms with Gasteiger partial charge in [0.1, 0.15) is 10.7 Å². The average molecular weight is 458 g/mol. The number of hydrogen-bond acceptors (Lipinski definition) is 6. The highest BCUT2D eigenvalue weighted by Crippen LogP contribution is 2.28. The number of nitrogens with zero attached hydrogens (tertiary/aromatic N) is 2. The molecule has 3 rings (SSSR count). The van der Waals surface area contributed by atoms with E-state index in [0.717, 1.165) is 11.3 Å². The van der Waals surface area contributed by atoms with E-state index in [9.17, 15) is 18.0 Å². The SMILES string of the molecule is CCN(C(=O)COC(=O)CC(C)CC1=NS(=O)(=O)c2ccccc2N1)c1cccc(C)c1. The minimum atomic E-state index is -3.77. The predicted octanol–water partition coefficient (Wildman–Crippen LogP) is 3.52. The summed E-state index contributed by atoms with van der Waals surface area (Å²) < 4.78 is 33.7. The summed E-state index contributed by atoms with van der Waals surface area (Å²) in [5, 5.41) is 3.01. The van der Waals surface area contributed by atoms with E-state index in [-0.39, 0.29) is 42.0 Å². The Hall–Kier alpha value is -3.20. The number of para-hydroxylation sites is 1. The summed E-state index contributed by atoms with van der Waals surface area (Å²) in [5.74, 6) is -0.786. The molecule has 0 bridgehead atoms. The zero-order valence-corrected chi connectivity index (χ0v) is 19.2. The number of ether oxygens (including phenoxy) is 1. The number of amides is 1. The molecule has 9 heteroatoms. The van der Waals surface area contributed by atoms with E-state index in [1.807, 2.05) is 38.1 Å². The third kappa shape index (κ3) is 5.73. The Morgan fingerprint density at radius 1 is 1.16 bits per heavy atom. The van der Waals surface area contributed by atoms with Crippen molar-refractivity contribution in [1.29, 1.82) is 0 Å². The summed E-state index contributed by atoms with van der Waals surface area (Å²) in [4.78, 5) is 26.5. The minimum absolute atomic E-state index is 0.0340. The Morgan fingerprint density at radius 3 is 2.62 bits per heavy atom. The molecule has 0 saturated heterocycles. The summed E-state index contributed by atoms with van der Waals surface area (Å²) in [6.07, 6.45) is 0.285. The van der Waals surface area contributed by atoms with Gasteiger partial charge in [-0.1, -0.05) is 31.2 Å². The van der Waals surface area contributed by atoms with Gasteiger partial charge in [-0.15, -0.1) is 4.40 Å². The van der Waals surface area contributed by atoms with Gasteiger partial charge < -0.3 is 15.0 Å². The Kier molecular flexibility index (Phi) is 7.29. The number of hydrogen-bond donors (Lipinski definition) is 1. The molecule has 1 amide bonds. The molecule has 8 nitrogen and oxygen atoms in total. The van der Waals surface area contributed by atoms with Gasteiger partial charge in [0.05, 0.1) is 5.69 Å². The van der Waals surface area contributed by atoms with Crippen LogP contribution in [0.1, 0.15) is 32.3 Å². The van der Waals surface area contributed by atoms with Gasteiger partial charge >= 0.3 is 5.97 Å². The second kappa shape index (κ2) is 9.95. The average Bonchev–Trinajstić information content (AvgIpc) is 2.72. The van der Waals surface area contributed by atoms with Crippen molar-refractivity contribution in [2.75, 3.05) is 23.4 Å². The Labute approximate surface area is 188 Å². The van der Waals surface area contributed by atoms with Crippen LogP contribution in [0.25, 0.3) is 0 Å². The molecule has 0 saturated carbocycles. The second-order valence-electron chi connectivity index (χ2n) is 7.79. The number of fused-ring (bicyclic) bond motifs is 1. The molecule has 2 aromatic carbocycles. The number of benzene rings is 2. The first-order chi connectivity index (χ1) is 15.2. The van der Waals surface area contributed by atoms with Crippen LogP contribution in [0.15, 0.2) is 57.8 Å². The zero-order valence-electron chi connectivity index (χ0n) is 18.4. The molecule has 0 aliphatic carbocycles. The lowest BCUT2D eigenvalue weighted by atomic mass is 10.0. The van der Waals surface area contributed by atoms with Crippen LogP contribution < -0.4 is 10.2 Å². The highest BCUT2D eigenvalue weighted by Gasteiger charge is 2.26. The lowest BCUT2D eigenvalue weighted by molar-refractivity contribution is -0.148. The number of carbonyl (C=O) groups excluding carboxylic acids is 2. The summed E-state index contributed by atoms with van der Waals surface area (Å²) in [6.45, 7) is 5.70. The standard InChI is InChI=1S/C23H27N3O5S/c1-4-26(18-9-7-8-16(2)12-18)22(27)15-31-23(28)14-17(3)13-21-24-19-10-5-6-11-20(19)32(29,30)25-21/h5-12,17H,4,13-15H2,1-3H3,(H,24,25). The summed E-state index contributed by atoms with van der Waals surface area (Å²) in [5.41, 5.74) is 2.25. The van der Waals surface area contributed by atoms with Crippen LogP contribution in [-0.4, -0.2) is 39.3 Å². The third-order valence-electron chi connectivity index (χ3n) is 5.02. The van der Waals surface area contributed by atoms with Crippen molar-refractivity contribution in [3.63, 3.8) is 0 Å². The monoisotopic (exact) mass is 457 g/mol. The largest absolute Gasteiger partial charge is 0.456 e. The van der Waals surface area contributed by atoms with E-state index < -0.39 is 16.0 Å². The molecule has 1 heterocycles. The van der Waals surface area contributed by atoms with Crippen LogP contribution in [-0.2, 0) is 24.3 Å². The molecule has 0 fully saturated rings. The number of nitrogens with one attached hydrogen (secondary N) is 1. The normalized spacial score (nSPS) is 15.0. The molecule has 1 unspecified atom stereocenters. The second-order valence-corrected chi connectivity index (χ2v) is 9.36. The molecule has 0 aromatic heterocycles. The van der Waals surface area contributed by atoms with Crippen LogP contribution in [0.4, 0.5) is 11.4 Å². The van der Waals surface area contributed by atoms with Gasteiger partial charge in [0.2, 0.25) is 0 Å². The first-order valence-corrected chi connectivity index (χ1v) is 11.9. The maximum Gasteiger partial charge on any atom is 0.306 e. The first kappa shape index (κ1) is 23.5. The van der Waals surface area contributed by atoms with Gasteiger partial charge in [-0.05, 0) is 49.6 Å². The Morgan fingerprint density at radius 2 is 1.91 bits per heavy atom. The van der Waals surface area contributed by atoms with Gasteiger partial charge in [0.15, 0.2) is 6.61 Å².